The van der Waals surface area contributed by atoms with Crippen LogP contribution in [0.1, 0.15) is 51.4 Å². The predicted octanol–water partition coefficient (Wildman–Crippen LogP) is 3.18. The summed E-state index contributed by atoms with van der Waals surface area (Å²) in [5, 5.41) is 10.4. The van der Waals surface area contributed by atoms with E-state index in [0.29, 0.717) is 12.0 Å². The molecule has 0 aliphatic heterocycles. The summed E-state index contributed by atoms with van der Waals surface area (Å²) in [5.41, 5.74) is 0.498. The van der Waals surface area contributed by atoms with Crippen molar-refractivity contribution in [2.24, 2.45) is 5.41 Å². The highest BCUT2D eigenvalue weighted by molar-refractivity contribution is 9.09. The van der Waals surface area contributed by atoms with Gasteiger partial charge < -0.3 is 5.11 Å². The Morgan fingerprint density at radius 2 is 1.76 bits per heavy atom. The molecule has 2 fully saturated rings. The Hall–Kier alpha value is 0.400. The summed E-state index contributed by atoms with van der Waals surface area (Å²) in [7, 11) is 0. The van der Waals surface area contributed by atoms with Crippen molar-refractivity contribution in [1.82, 2.24) is 4.90 Å². The van der Waals surface area contributed by atoms with Gasteiger partial charge in [0.1, 0.15) is 0 Å². The van der Waals surface area contributed by atoms with Gasteiger partial charge in [-0.05, 0) is 31.1 Å². The van der Waals surface area contributed by atoms with Gasteiger partial charge in [0.15, 0.2) is 0 Å². The fraction of sp³-hybridized carbons (Fsp3) is 1.00. The van der Waals surface area contributed by atoms with Crippen LogP contribution in [0.15, 0.2) is 0 Å². The van der Waals surface area contributed by atoms with Crippen LogP contribution in [0.2, 0.25) is 0 Å². The molecule has 2 aliphatic rings. The third-order valence-electron chi connectivity index (χ3n) is 4.71. The maximum absolute atomic E-state index is 9.27. The maximum Gasteiger partial charge on any atom is 0.0558 e. The lowest BCUT2D eigenvalue weighted by Crippen LogP contribution is -2.43. The molecule has 0 saturated heterocycles. The molecule has 2 aliphatic carbocycles. The van der Waals surface area contributed by atoms with Gasteiger partial charge in [0.25, 0.3) is 0 Å². The number of nitrogens with zero attached hydrogens (tertiary/aromatic N) is 1. The van der Waals surface area contributed by atoms with Crippen LogP contribution >= 0.6 is 15.9 Å². The lowest BCUT2D eigenvalue weighted by molar-refractivity contribution is 0.101. The molecule has 2 nitrogen and oxygen atoms in total. The zero-order valence-corrected chi connectivity index (χ0v) is 12.4. The van der Waals surface area contributed by atoms with Crippen LogP contribution in [0.25, 0.3) is 0 Å². The largest absolute Gasteiger partial charge is 0.395 e. The van der Waals surface area contributed by atoms with Crippen molar-refractivity contribution in [3.8, 4) is 0 Å². The lowest BCUT2D eigenvalue weighted by Gasteiger charge is -2.37. The van der Waals surface area contributed by atoms with Gasteiger partial charge in [0.05, 0.1) is 6.61 Å². The number of hydrogen-bond donors (Lipinski definition) is 1. The van der Waals surface area contributed by atoms with Gasteiger partial charge in [-0.3, -0.25) is 4.90 Å². The van der Waals surface area contributed by atoms with Crippen LogP contribution in [0, 0.1) is 5.41 Å². The molecule has 2 saturated carbocycles. The maximum atomic E-state index is 9.27. The summed E-state index contributed by atoms with van der Waals surface area (Å²) in [6, 6.07) is 0.749. The first-order valence-corrected chi connectivity index (χ1v) is 8.33. The van der Waals surface area contributed by atoms with Gasteiger partial charge in [0, 0.05) is 24.5 Å². The summed E-state index contributed by atoms with van der Waals surface area (Å²) >= 11 is 3.73. The standard InChI is InChI=1S/C14H26BrNO/c15-11-14(7-3-4-8-14)12-16(9-10-17)13-5-1-2-6-13/h13,17H,1-12H2. The molecule has 100 valence electrons. The molecule has 0 radical (unpaired) electrons. The van der Waals surface area contributed by atoms with Crippen LogP contribution in [-0.2, 0) is 0 Å². The highest BCUT2D eigenvalue weighted by atomic mass is 79.9. The van der Waals surface area contributed by atoms with Gasteiger partial charge in [-0.2, -0.15) is 0 Å². The van der Waals surface area contributed by atoms with E-state index in [4.69, 9.17) is 0 Å². The Kier molecular flexibility index (Phi) is 5.31. The van der Waals surface area contributed by atoms with E-state index in [0.717, 1.165) is 17.9 Å². The Labute approximate surface area is 114 Å². The van der Waals surface area contributed by atoms with E-state index < -0.39 is 0 Å². The molecule has 3 heteroatoms. The molecule has 0 atom stereocenters. The molecule has 0 aromatic carbocycles. The Morgan fingerprint density at radius 1 is 1.12 bits per heavy atom. The summed E-state index contributed by atoms with van der Waals surface area (Å²) in [4.78, 5) is 2.58. The molecular weight excluding hydrogens is 278 g/mol. The zero-order valence-electron chi connectivity index (χ0n) is 10.8. The van der Waals surface area contributed by atoms with Gasteiger partial charge >= 0.3 is 0 Å². The molecule has 0 bridgehead atoms. The first-order valence-electron chi connectivity index (χ1n) is 7.20. The molecule has 0 aromatic rings. The van der Waals surface area contributed by atoms with Gasteiger partial charge in [-0.1, -0.05) is 41.6 Å². The molecule has 0 amide bonds. The minimum atomic E-state index is 0.314. The Morgan fingerprint density at radius 3 is 2.29 bits per heavy atom. The molecule has 2 rings (SSSR count). The molecule has 1 N–H and O–H groups in total. The first-order chi connectivity index (χ1) is 8.29. The van der Waals surface area contributed by atoms with E-state index in [1.165, 1.54) is 57.9 Å². The smallest absolute Gasteiger partial charge is 0.0558 e. The van der Waals surface area contributed by atoms with E-state index >= 15 is 0 Å². The predicted molar refractivity (Wildman–Crippen MR) is 75.6 cm³/mol. The van der Waals surface area contributed by atoms with Crippen molar-refractivity contribution in [2.45, 2.75) is 57.4 Å². The van der Waals surface area contributed by atoms with Crippen LogP contribution in [0.4, 0.5) is 0 Å². The van der Waals surface area contributed by atoms with Gasteiger partial charge in [-0.25, -0.2) is 0 Å². The number of rotatable bonds is 6. The number of hydrogen-bond acceptors (Lipinski definition) is 2. The molecule has 0 spiro atoms. The zero-order chi connectivity index (χ0) is 12.1. The summed E-state index contributed by atoms with van der Waals surface area (Å²) in [5.74, 6) is 0. The van der Waals surface area contributed by atoms with Crippen molar-refractivity contribution < 1.29 is 5.11 Å². The molecule has 0 unspecified atom stereocenters. The lowest BCUT2D eigenvalue weighted by atomic mass is 9.87. The van der Waals surface area contributed by atoms with Crippen LogP contribution in [0.3, 0.4) is 0 Å². The van der Waals surface area contributed by atoms with Crippen molar-refractivity contribution >= 4 is 15.9 Å². The number of aliphatic hydroxyl groups excluding tert-OH is 1. The Balaban J connectivity index is 1.95. The highest BCUT2D eigenvalue weighted by Gasteiger charge is 2.36. The SMILES string of the molecule is OCCN(CC1(CBr)CCCC1)C1CCCC1. The first kappa shape index (κ1) is 13.8. The van der Waals surface area contributed by atoms with E-state index in [2.05, 4.69) is 20.8 Å². The second kappa shape index (κ2) is 6.53. The van der Waals surface area contributed by atoms with Crippen molar-refractivity contribution in [1.29, 1.82) is 0 Å². The second-order valence-electron chi connectivity index (χ2n) is 5.97. The normalized spacial score (nSPS) is 24.9. The van der Waals surface area contributed by atoms with Crippen molar-refractivity contribution in [3.05, 3.63) is 0 Å². The fourth-order valence-corrected chi connectivity index (χ4v) is 4.42. The third kappa shape index (κ3) is 3.45. The van der Waals surface area contributed by atoms with Crippen LogP contribution in [-0.4, -0.2) is 41.1 Å². The van der Waals surface area contributed by atoms with Gasteiger partial charge in [0.2, 0.25) is 0 Å². The number of halogens is 1. The number of aliphatic hydroxyl groups is 1. The average Bonchev–Trinajstić information content (AvgIpc) is 3.00. The van der Waals surface area contributed by atoms with E-state index in [9.17, 15) is 5.11 Å². The van der Waals surface area contributed by atoms with Crippen molar-refractivity contribution in [2.75, 3.05) is 25.0 Å². The second-order valence-corrected chi connectivity index (χ2v) is 6.53. The molecular formula is C14H26BrNO. The quantitative estimate of drug-likeness (QED) is 0.762. The summed E-state index contributed by atoms with van der Waals surface area (Å²) in [6.07, 6.45) is 11.0. The van der Waals surface area contributed by atoms with Gasteiger partial charge in [-0.15, -0.1) is 0 Å². The molecule has 17 heavy (non-hydrogen) atoms. The minimum absolute atomic E-state index is 0.314. The topological polar surface area (TPSA) is 23.5 Å². The van der Waals surface area contributed by atoms with E-state index in [-0.39, 0.29) is 0 Å². The Bertz CT molecular complexity index is 222. The average molecular weight is 304 g/mol. The summed E-state index contributed by atoms with van der Waals surface area (Å²) in [6.45, 7) is 2.39. The van der Waals surface area contributed by atoms with Crippen molar-refractivity contribution in [3.63, 3.8) is 0 Å². The van der Waals surface area contributed by atoms with Crippen LogP contribution < -0.4 is 0 Å². The minimum Gasteiger partial charge on any atom is -0.395 e. The molecule has 0 aromatic heterocycles. The van der Waals surface area contributed by atoms with E-state index in [1.54, 1.807) is 0 Å². The van der Waals surface area contributed by atoms with Crippen LogP contribution in [0.5, 0.6) is 0 Å². The highest BCUT2D eigenvalue weighted by Crippen LogP contribution is 2.41. The van der Waals surface area contributed by atoms with E-state index in [1.807, 2.05) is 0 Å². The molecule has 0 heterocycles. The monoisotopic (exact) mass is 303 g/mol. The third-order valence-corrected chi connectivity index (χ3v) is 5.90. The summed E-state index contributed by atoms with van der Waals surface area (Å²) < 4.78 is 0. The number of alkyl halides is 1. The fourth-order valence-electron chi connectivity index (χ4n) is 3.68.